The number of carbonyl (C=O) groups is 1. The minimum Gasteiger partial charge on any atom is -0.491 e. The van der Waals surface area contributed by atoms with E-state index in [9.17, 15) is 9.90 Å². The highest BCUT2D eigenvalue weighted by Gasteiger charge is 2.05. The van der Waals surface area contributed by atoms with E-state index in [2.05, 4.69) is 10.6 Å². The molecule has 0 aliphatic heterocycles. The molecule has 2 aromatic rings. The van der Waals surface area contributed by atoms with Crippen LogP contribution in [0.2, 0.25) is 0 Å². The van der Waals surface area contributed by atoms with Gasteiger partial charge in [-0.25, -0.2) is 0 Å². The number of benzene rings is 2. The molecule has 1 atom stereocenters. The van der Waals surface area contributed by atoms with E-state index < -0.39 is 6.10 Å². The first-order valence-electron chi connectivity index (χ1n) is 8.66. The van der Waals surface area contributed by atoms with Crippen LogP contribution in [0.15, 0.2) is 54.6 Å². The Bertz CT molecular complexity index is 653. The number of rotatable bonds is 11. The number of likely N-dealkylation sites (N-methyl/N-ethyl adjacent to an activating group) is 1. The zero-order valence-electron chi connectivity index (χ0n) is 15.4. The third kappa shape index (κ3) is 9.28. The Morgan fingerprint density at radius 2 is 1.70 bits per heavy atom. The summed E-state index contributed by atoms with van der Waals surface area (Å²) in [6.45, 7) is 1.50. The second-order valence-corrected chi connectivity index (χ2v) is 5.84. The summed E-state index contributed by atoms with van der Waals surface area (Å²) in [6.07, 6.45) is 0.276. The maximum Gasteiger partial charge on any atom is 0.257 e. The Morgan fingerprint density at radius 3 is 2.37 bits per heavy atom. The summed E-state index contributed by atoms with van der Waals surface area (Å²) in [5.74, 6) is 1.26. The molecular weight excluding hydrogens is 368 g/mol. The van der Waals surface area contributed by atoms with Crippen LogP contribution in [0.25, 0.3) is 0 Å². The predicted octanol–water partition coefficient (Wildman–Crippen LogP) is 1.81. The molecule has 0 aromatic heterocycles. The first-order chi connectivity index (χ1) is 12.7. The second-order valence-electron chi connectivity index (χ2n) is 5.84. The van der Waals surface area contributed by atoms with Crippen LogP contribution < -0.4 is 20.1 Å². The molecule has 0 fully saturated rings. The number of hydrogen-bond donors (Lipinski definition) is 3. The maximum atomic E-state index is 11.1. The van der Waals surface area contributed by atoms with Gasteiger partial charge in [0.05, 0.1) is 0 Å². The largest absolute Gasteiger partial charge is 0.491 e. The van der Waals surface area contributed by atoms with Gasteiger partial charge >= 0.3 is 0 Å². The van der Waals surface area contributed by atoms with Gasteiger partial charge in [-0.3, -0.25) is 4.79 Å². The minimum absolute atomic E-state index is 0. The van der Waals surface area contributed by atoms with Gasteiger partial charge < -0.3 is 25.2 Å². The van der Waals surface area contributed by atoms with E-state index in [4.69, 9.17) is 9.47 Å². The molecule has 3 N–H and O–H groups in total. The van der Waals surface area contributed by atoms with Crippen LogP contribution in [-0.4, -0.2) is 50.5 Å². The quantitative estimate of drug-likeness (QED) is 0.506. The molecule has 0 saturated heterocycles. The third-order valence-electron chi connectivity index (χ3n) is 3.73. The Labute approximate surface area is 166 Å². The van der Waals surface area contributed by atoms with Crippen LogP contribution in [0.3, 0.4) is 0 Å². The fourth-order valence-corrected chi connectivity index (χ4v) is 2.24. The summed E-state index contributed by atoms with van der Waals surface area (Å²) < 4.78 is 10.9. The topological polar surface area (TPSA) is 79.8 Å². The van der Waals surface area contributed by atoms with E-state index in [0.29, 0.717) is 12.3 Å². The third-order valence-corrected chi connectivity index (χ3v) is 3.73. The zero-order valence-corrected chi connectivity index (χ0v) is 16.2. The van der Waals surface area contributed by atoms with E-state index in [1.165, 1.54) is 0 Å². The van der Waals surface area contributed by atoms with E-state index in [1.54, 1.807) is 7.05 Å². The molecule has 0 heterocycles. The van der Waals surface area contributed by atoms with Gasteiger partial charge in [0.2, 0.25) is 0 Å². The first-order valence-corrected chi connectivity index (χ1v) is 8.66. The zero-order chi connectivity index (χ0) is 18.6. The second kappa shape index (κ2) is 13.0. The summed E-state index contributed by atoms with van der Waals surface area (Å²) in [4.78, 5) is 11.1. The molecule has 6 nitrogen and oxygen atoms in total. The molecule has 0 saturated carbocycles. The number of carbonyl (C=O) groups excluding carboxylic acids is 1. The van der Waals surface area contributed by atoms with Gasteiger partial charge in [-0.15, -0.1) is 12.4 Å². The van der Waals surface area contributed by atoms with Crippen LogP contribution in [0.4, 0.5) is 0 Å². The lowest BCUT2D eigenvalue weighted by Crippen LogP contribution is -2.32. The Hall–Kier alpha value is -2.28. The lowest BCUT2D eigenvalue weighted by Gasteiger charge is -2.13. The van der Waals surface area contributed by atoms with Gasteiger partial charge in [-0.05, 0) is 42.8 Å². The molecular formula is C20H27ClN2O4. The molecule has 0 spiro atoms. The van der Waals surface area contributed by atoms with Crippen LogP contribution in [0.1, 0.15) is 5.56 Å². The number of aliphatic hydroxyl groups is 1. The normalized spacial score (nSPS) is 11.2. The SMILES string of the molecule is CNC(=O)COc1ccc(CCNCC(O)COc2ccccc2)cc1.Cl. The molecule has 27 heavy (non-hydrogen) atoms. The van der Waals surface area contributed by atoms with E-state index in [0.717, 1.165) is 24.3 Å². The minimum atomic E-state index is -0.560. The van der Waals surface area contributed by atoms with Crippen molar-refractivity contribution in [3.05, 3.63) is 60.2 Å². The Kier molecular flexibility index (Phi) is 10.9. The van der Waals surface area contributed by atoms with Crippen LogP contribution >= 0.6 is 12.4 Å². The first kappa shape index (κ1) is 22.8. The van der Waals surface area contributed by atoms with E-state index in [-0.39, 0.29) is 31.5 Å². The molecule has 0 aliphatic carbocycles. The molecule has 2 aromatic carbocycles. The number of amides is 1. The fraction of sp³-hybridized carbons (Fsp3) is 0.350. The van der Waals surface area contributed by atoms with Gasteiger partial charge in [0.25, 0.3) is 5.91 Å². The number of hydrogen-bond acceptors (Lipinski definition) is 5. The monoisotopic (exact) mass is 394 g/mol. The number of ether oxygens (including phenoxy) is 2. The van der Waals surface area contributed by atoms with Gasteiger partial charge in [0, 0.05) is 13.6 Å². The van der Waals surface area contributed by atoms with Gasteiger partial charge in [0.15, 0.2) is 6.61 Å². The molecule has 0 aliphatic rings. The lowest BCUT2D eigenvalue weighted by molar-refractivity contribution is -0.122. The predicted molar refractivity (Wildman–Crippen MR) is 108 cm³/mol. The summed E-state index contributed by atoms with van der Waals surface area (Å²) in [5, 5.41) is 15.7. The van der Waals surface area contributed by atoms with Crippen molar-refractivity contribution < 1.29 is 19.4 Å². The molecule has 1 unspecified atom stereocenters. The lowest BCUT2D eigenvalue weighted by atomic mass is 10.1. The van der Waals surface area contributed by atoms with Gasteiger partial charge in [-0.1, -0.05) is 30.3 Å². The molecule has 7 heteroatoms. The molecule has 1 amide bonds. The van der Waals surface area contributed by atoms with Crippen molar-refractivity contribution in [2.24, 2.45) is 0 Å². The van der Waals surface area contributed by atoms with Crippen molar-refractivity contribution in [3.63, 3.8) is 0 Å². The van der Waals surface area contributed by atoms with Crippen LogP contribution in [0.5, 0.6) is 11.5 Å². The molecule has 148 valence electrons. The average Bonchev–Trinajstić information content (AvgIpc) is 2.69. The molecule has 0 bridgehead atoms. The van der Waals surface area contributed by atoms with Crippen molar-refractivity contribution in [3.8, 4) is 11.5 Å². The van der Waals surface area contributed by atoms with Crippen molar-refractivity contribution in [1.82, 2.24) is 10.6 Å². The van der Waals surface area contributed by atoms with Crippen molar-refractivity contribution >= 4 is 18.3 Å². The van der Waals surface area contributed by atoms with Crippen molar-refractivity contribution in [2.75, 3.05) is 33.4 Å². The van der Waals surface area contributed by atoms with Crippen molar-refractivity contribution in [2.45, 2.75) is 12.5 Å². The van der Waals surface area contributed by atoms with E-state index >= 15 is 0 Å². The average molecular weight is 395 g/mol. The smallest absolute Gasteiger partial charge is 0.257 e. The number of aliphatic hydroxyl groups excluding tert-OH is 1. The van der Waals surface area contributed by atoms with Crippen LogP contribution in [0, 0.1) is 0 Å². The maximum absolute atomic E-state index is 11.1. The summed E-state index contributed by atoms with van der Waals surface area (Å²) in [5.41, 5.74) is 1.15. The Balaban J connectivity index is 0.00000364. The summed E-state index contributed by atoms with van der Waals surface area (Å²) >= 11 is 0. The Morgan fingerprint density at radius 1 is 1.04 bits per heavy atom. The van der Waals surface area contributed by atoms with Crippen LogP contribution in [-0.2, 0) is 11.2 Å². The highest BCUT2D eigenvalue weighted by atomic mass is 35.5. The summed E-state index contributed by atoms with van der Waals surface area (Å²) in [6, 6.07) is 17.1. The number of nitrogens with one attached hydrogen (secondary N) is 2. The van der Waals surface area contributed by atoms with Gasteiger partial charge in [0.1, 0.15) is 24.2 Å². The fourth-order valence-electron chi connectivity index (χ4n) is 2.24. The van der Waals surface area contributed by atoms with E-state index in [1.807, 2.05) is 54.6 Å². The van der Waals surface area contributed by atoms with Crippen molar-refractivity contribution in [1.29, 1.82) is 0 Å². The highest BCUT2D eigenvalue weighted by molar-refractivity contribution is 5.85. The summed E-state index contributed by atoms with van der Waals surface area (Å²) in [7, 11) is 1.58. The number of halogens is 1. The molecule has 0 radical (unpaired) electrons. The van der Waals surface area contributed by atoms with Gasteiger partial charge in [-0.2, -0.15) is 0 Å². The molecule has 2 rings (SSSR count). The standard InChI is InChI=1S/C20H26N2O4.ClH/c1-21-20(24)15-26-19-9-7-16(8-10-19)11-12-22-13-17(23)14-25-18-5-3-2-4-6-18;/h2-10,17,22-23H,11-15H2,1H3,(H,21,24);1H. The number of para-hydroxylation sites is 1. The highest BCUT2D eigenvalue weighted by Crippen LogP contribution is 2.12.